The topological polar surface area (TPSA) is 58.6 Å². The van der Waals surface area contributed by atoms with Gasteiger partial charge in [0.05, 0.1) is 23.7 Å². The number of carbonyl (C=O) groups is 1. The number of piperidine rings is 1. The Bertz CT molecular complexity index is 1160. The molecule has 2 aromatic carbocycles. The molecule has 1 fully saturated rings. The summed E-state index contributed by atoms with van der Waals surface area (Å²) in [6, 6.07) is 18.1. The van der Waals surface area contributed by atoms with Crippen LogP contribution in [-0.4, -0.2) is 40.4 Å². The summed E-state index contributed by atoms with van der Waals surface area (Å²) in [5.41, 5.74) is 4.17. The first-order chi connectivity index (χ1) is 17.1. The van der Waals surface area contributed by atoms with E-state index in [0.29, 0.717) is 25.4 Å². The van der Waals surface area contributed by atoms with Crippen LogP contribution >= 0.6 is 0 Å². The number of hydrogen-bond acceptors (Lipinski definition) is 5. The molecule has 6 nitrogen and oxygen atoms in total. The Morgan fingerprint density at radius 2 is 1.71 bits per heavy atom. The summed E-state index contributed by atoms with van der Waals surface area (Å²) < 4.78 is 6.35. The first-order valence-electron chi connectivity index (χ1n) is 12.9. The van der Waals surface area contributed by atoms with Crippen LogP contribution in [0, 0.1) is 6.92 Å². The number of rotatable bonds is 6. The number of aromatic nitrogens is 2. The smallest absolute Gasteiger partial charge is 0.230 e. The standard InChI is InChI=1S/C29H34N4O2/c1-3-24(22-10-6-4-7-11-22)28(34)33-19-16-26-25(20-33)27(35-23-14-12-21(2)13-15-23)31-29(30-26)32-17-8-5-9-18-32/h4,6-7,10-15,24H,3,5,8-9,16-20H2,1-2H3/t24-/m0/s1. The summed E-state index contributed by atoms with van der Waals surface area (Å²) >= 11 is 0. The van der Waals surface area contributed by atoms with Gasteiger partial charge in [-0.25, -0.2) is 4.98 Å². The molecule has 1 aromatic heterocycles. The molecule has 1 atom stereocenters. The first-order valence-corrected chi connectivity index (χ1v) is 12.9. The van der Waals surface area contributed by atoms with Crippen molar-refractivity contribution in [2.75, 3.05) is 24.5 Å². The predicted molar refractivity (Wildman–Crippen MR) is 138 cm³/mol. The van der Waals surface area contributed by atoms with Gasteiger partial charge in [-0.2, -0.15) is 4.98 Å². The van der Waals surface area contributed by atoms with Crippen molar-refractivity contribution in [2.45, 2.75) is 58.4 Å². The van der Waals surface area contributed by atoms with Crippen molar-refractivity contribution in [1.82, 2.24) is 14.9 Å². The van der Waals surface area contributed by atoms with Gasteiger partial charge in [-0.3, -0.25) is 4.79 Å². The Hall–Kier alpha value is -3.41. The monoisotopic (exact) mass is 470 g/mol. The average Bonchev–Trinajstić information content (AvgIpc) is 2.91. The molecule has 0 radical (unpaired) electrons. The molecule has 0 saturated carbocycles. The van der Waals surface area contributed by atoms with Crippen molar-refractivity contribution < 1.29 is 9.53 Å². The second-order valence-electron chi connectivity index (χ2n) is 9.60. The Morgan fingerprint density at radius 1 is 0.971 bits per heavy atom. The molecule has 0 aliphatic carbocycles. The van der Waals surface area contributed by atoms with E-state index in [-0.39, 0.29) is 11.8 Å². The molecule has 2 aliphatic rings. The summed E-state index contributed by atoms with van der Waals surface area (Å²) in [5, 5.41) is 0. The quantitative estimate of drug-likeness (QED) is 0.466. The van der Waals surface area contributed by atoms with Gasteiger partial charge >= 0.3 is 0 Å². The van der Waals surface area contributed by atoms with E-state index in [2.05, 4.69) is 18.7 Å². The second kappa shape index (κ2) is 10.5. The van der Waals surface area contributed by atoms with Crippen LogP contribution in [-0.2, 0) is 17.8 Å². The van der Waals surface area contributed by atoms with E-state index in [0.717, 1.165) is 60.9 Å². The van der Waals surface area contributed by atoms with E-state index in [1.54, 1.807) is 0 Å². The van der Waals surface area contributed by atoms with E-state index in [4.69, 9.17) is 14.7 Å². The SMILES string of the molecule is CC[C@H](C(=O)N1CCc2nc(N3CCCCC3)nc(Oc3ccc(C)cc3)c2C1)c1ccccc1. The zero-order valence-corrected chi connectivity index (χ0v) is 20.7. The highest BCUT2D eigenvalue weighted by Crippen LogP contribution is 2.33. The third kappa shape index (κ3) is 5.16. The number of hydrogen-bond donors (Lipinski definition) is 0. The fraction of sp³-hybridized carbons (Fsp3) is 0.414. The molecule has 182 valence electrons. The normalized spacial score (nSPS) is 16.5. The predicted octanol–water partition coefficient (Wildman–Crippen LogP) is 5.65. The third-order valence-electron chi connectivity index (χ3n) is 7.10. The Labute approximate surface area is 208 Å². The van der Waals surface area contributed by atoms with Gasteiger partial charge in [0.25, 0.3) is 0 Å². The largest absolute Gasteiger partial charge is 0.438 e. The maximum Gasteiger partial charge on any atom is 0.230 e. The zero-order valence-electron chi connectivity index (χ0n) is 20.7. The lowest BCUT2D eigenvalue weighted by atomic mass is 9.94. The highest BCUT2D eigenvalue weighted by Gasteiger charge is 2.31. The minimum absolute atomic E-state index is 0.146. The minimum Gasteiger partial charge on any atom is -0.438 e. The summed E-state index contributed by atoms with van der Waals surface area (Å²) in [5.74, 6) is 2.09. The van der Waals surface area contributed by atoms with E-state index in [1.807, 2.05) is 59.5 Å². The molecule has 0 spiro atoms. The lowest BCUT2D eigenvalue weighted by molar-refractivity contribution is -0.133. The van der Waals surface area contributed by atoms with E-state index in [9.17, 15) is 4.79 Å². The molecule has 3 heterocycles. The third-order valence-corrected chi connectivity index (χ3v) is 7.10. The van der Waals surface area contributed by atoms with Gasteiger partial charge in [0.15, 0.2) is 0 Å². The molecule has 3 aromatic rings. The summed E-state index contributed by atoms with van der Waals surface area (Å²) in [6.45, 7) is 7.22. The molecular formula is C29H34N4O2. The molecule has 35 heavy (non-hydrogen) atoms. The Morgan fingerprint density at radius 3 is 2.43 bits per heavy atom. The fourth-order valence-electron chi connectivity index (χ4n) is 5.06. The number of carbonyl (C=O) groups excluding carboxylic acids is 1. The van der Waals surface area contributed by atoms with Crippen LogP contribution in [0.4, 0.5) is 5.95 Å². The van der Waals surface area contributed by atoms with Crippen LogP contribution in [0.15, 0.2) is 54.6 Å². The van der Waals surface area contributed by atoms with Crippen molar-refractivity contribution in [2.24, 2.45) is 0 Å². The molecular weight excluding hydrogens is 436 g/mol. The molecule has 0 bridgehead atoms. The highest BCUT2D eigenvalue weighted by atomic mass is 16.5. The lowest BCUT2D eigenvalue weighted by Gasteiger charge is -2.33. The van der Waals surface area contributed by atoms with E-state index >= 15 is 0 Å². The maximum absolute atomic E-state index is 13.6. The number of anilines is 1. The zero-order chi connectivity index (χ0) is 24.2. The molecule has 5 rings (SSSR count). The van der Waals surface area contributed by atoms with Crippen molar-refractivity contribution in [3.63, 3.8) is 0 Å². The summed E-state index contributed by atoms with van der Waals surface area (Å²) in [7, 11) is 0. The second-order valence-corrected chi connectivity index (χ2v) is 9.60. The van der Waals surface area contributed by atoms with Crippen LogP contribution < -0.4 is 9.64 Å². The van der Waals surface area contributed by atoms with Gasteiger partial charge in [-0.15, -0.1) is 0 Å². The van der Waals surface area contributed by atoms with Gasteiger partial charge in [0.2, 0.25) is 17.7 Å². The van der Waals surface area contributed by atoms with Crippen LogP contribution in [0.25, 0.3) is 0 Å². The average molecular weight is 471 g/mol. The van der Waals surface area contributed by atoms with Gasteiger partial charge in [-0.1, -0.05) is 55.0 Å². The Kier molecular flexibility index (Phi) is 6.98. The Balaban J connectivity index is 1.46. The molecule has 0 N–H and O–H groups in total. The number of fused-ring (bicyclic) bond motifs is 1. The van der Waals surface area contributed by atoms with Crippen LogP contribution in [0.2, 0.25) is 0 Å². The number of nitrogens with zero attached hydrogens (tertiary/aromatic N) is 4. The maximum atomic E-state index is 13.6. The number of benzene rings is 2. The summed E-state index contributed by atoms with van der Waals surface area (Å²) in [4.78, 5) is 27.7. The van der Waals surface area contributed by atoms with Crippen molar-refractivity contribution >= 4 is 11.9 Å². The van der Waals surface area contributed by atoms with Crippen LogP contribution in [0.1, 0.15) is 60.9 Å². The van der Waals surface area contributed by atoms with Gasteiger partial charge in [0.1, 0.15) is 5.75 Å². The van der Waals surface area contributed by atoms with Crippen molar-refractivity contribution in [3.8, 4) is 11.6 Å². The highest BCUT2D eigenvalue weighted by molar-refractivity contribution is 5.84. The van der Waals surface area contributed by atoms with Crippen molar-refractivity contribution in [3.05, 3.63) is 77.0 Å². The van der Waals surface area contributed by atoms with Crippen LogP contribution in [0.5, 0.6) is 11.6 Å². The van der Waals surface area contributed by atoms with E-state index in [1.165, 1.54) is 12.0 Å². The number of aryl methyl sites for hydroxylation is 1. The number of ether oxygens (including phenoxy) is 1. The van der Waals surface area contributed by atoms with E-state index < -0.39 is 0 Å². The molecule has 1 amide bonds. The van der Waals surface area contributed by atoms with Gasteiger partial charge < -0.3 is 14.5 Å². The molecule has 2 aliphatic heterocycles. The fourth-order valence-corrected chi connectivity index (χ4v) is 5.06. The molecule has 0 unspecified atom stereocenters. The van der Waals surface area contributed by atoms with Gasteiger partial charge in [0, 0.05) is 26.1 Å². The van der Waals surface area contributed by atoms with Crippen LogP contribution in [0.3, 0.4) is 0 Å². The first kappa shape index (κ1) is 23.3. The lowest BCUT2D eigenvalue weighted by Crippen LogP contribution is -2.40. The van der Waals surface area contributed by atoms with Gasteiger partial charge in [-0.05, 0) is 50.3 Å². The number of amides is 1. The van der Waals surface area contributed by atoms with Crippen molar-refractivity contribution in [1.29, 1.82) is 0 Å². The minimum atomic E-state index is -0.146. The summed E-state index contributed by atoms with van der Waals surface area (Å²) in [6.07, 6.45) is 5.05. The molecule has 1 saturated heterocycles. The molecule has 6 heteroatoms.